The van der Waals surface area contributed by atoms with Crippen LogP contribution < -0.4 is 5.32 Å². The summed E-state index contributed by atoms with van der Waals surface area (Å²) in [5.74, 6) is 0.0798. The fourth-order valence-electron chi connectivity index (χ4n) is 1.75. The number of hydrogen-bond acceptors (Lipinski definition) is 2. The largest absolute Gasteiger partial charge is 0.326 e. The van der Waals surface area contributed by atoms with E-state index in [1.165, 1.54) is 0 Å². The molecule has 0 radical (unpaired) electrons. The molecule has 1 aromatic rings. The highest BCUT2D eigenvalue weighted by molar-refractivity contribution is 6.01. The number of rotatable bonds is 1. The van der Waals surface area contributed by atoms with Crippen LogP contribution in [0.25, 0.3) is 0 Å². The molecule has 0 saturated carbocycles. The van der Waals surface area contributed by atoms with E-state index < -0.39 is 0 Å². The van der Waals surface area contributed by atoms with Crippen LogP contribution in [0.5, 0.6) is 0 Å². The monoisotopic (exact) mass is 189 g/mol. The maximum absolute atomic E-state index is 11.3. The predicted octanol–water partition coefficient (Wildman–Crippen LogP) is 1.77. The summed E-state index contributed by atoms with van der Waals surface area (Å²) in [4.78, 5) is 22.4. The molecule has 0 spiro atoms. The van der Waals surface area contributed by atoms with Crippen LogP contribution in [0, 0.1) is 0 Å². The van der Waals surface area contributed by atoms with E-state index in [0.717, 1.165) is 16.8 Å². The Balaban J connectivity index is 2.52. The van der Waals surface area contributed by atoms with Gasteiger partial charge in [0.25, 0.3) is 0 Å². The first-order valence-corrected chi connectivity index (χ1v) is 4.61. The van der Waals surface area contributed by atoms with Gasteiger partial charge in [0.1, 0.15) is 0 Å². The lowest BCUT2D eigenvalue weighted by Crippen LogP contribution is -2.20. The van der Waals surface area contributed by atoms with E-state index in [9.17, 15) is 9.59 Å². The van der Waals surface area contributed by atoms with Gasteiger partial charge in [-0.3, -0.25) is 9.59 Å². The topological polar surface area (TPSA) is 46.2 Å². The highest BCUT2D eigenvalue weighted by atomic mass is 16.1. The van der Waals surface area contributed by atoms with Crippen molar-refractivity contribution in [1.82, 2.24) is 0 Å². The minimum atomic E-state index is 0.0261. The summed E-state index contributed by atoms with van der Waals surface area (Å²) >= 11 is 0. The van der Waals surface area contributed by atoms with Crippen molar-refractivity contribution in [2.24, 2.45) is 0 Å². The molecule has 3 nitrogen and oxygen atoms in total. The Morgan fingerprint density at radius 3 is 2.86 bits per heavy atom. The van der Waals surface area contributed by atoms with Crippen molar-refractivity contribution >= 4 is 17.4 Å². The molecule has 0 fully saturated rings. The Morgan fingerprint density at radius 1 is 1.36 bits per heavy atom. The van der Waals surface area contributed by atoms with Crippen molar-refractivity contribution in [2.75, 3.05) is 5.32 Å². The second kappa shape index (κ2) is 3.25. The van der Waals surface area contributed by atoms with Gasteiger partial charge in [0.2, 0.25) is 5.91 Å². The average molecular weight is 189 g/mol. The maximum atomic E-state index is 11.3. The highest BCUT2D eigenvalue weighted by Crippen LogP contribution is 2.25. The van der Waals surface area contributed by atoms with Gasteiger partial charge in [0.15, 0.2) is 5.78 Å². The predicted molar refractivity (Wildman–Crippen MR) is 53.4 cm³/mol. The van der Waals surface area contributed by atoms with Crippen molar-refractivity contribution < 1.29 is 9.59 Å². The number of nitrogens with one attached hydrogen (secondary N) is 1. The van der Waals surface area contributed by atoms with E-state index in [1.807, 2.05) is 6.07 Å². The average Bonchev–Trinajstić information content (AvgIpc) is 2.16. The normalized spacial score (nSPS) is 14.5. The molecule has 0 atom stereocenters. The first kappa shape index (κ1) is 8.94. The second-order valence-electron chi connectivity index (χ2n) is 3.44. The number of carbonyl (C=O) groups excluding carboxylic acids is 2. The molecule has 1 aliphatic rings. The molecule has 0 aliphatic carbocycles. The fraction of sp³-hybridized carbons (Fsp3) is 0.273. The van der Waals surface area contributed by atoms with Crippen molar-refractivity contribution in [3.8, 4) is 0 Å². The minimum absolute atomic E-state index is 0.0261. The number of carbonyl (C=O) groups is 2. The first-order valence-electron chi connectivity index (χ1n) is 4.61. The van der Waals surface area contributed by atoms with Gasteiger partial charge < -0.3 is 5.32 Å². The van der Waals surface area contributed by atoms with Crippen LogP contribution in [0.2, 0.25) is 0 Å². The molecule has 14 heavy (non-hydrogen) atoms. The SMILES string of the molecule is CC(=O)c1cccc2c1CCC(=O)N2. The quantitative estimate of drug-likeness (QED) is 0.684. The zero-order valence-corrected chi connectivity index (χ0v) is 7.96. The Labute approximate surface area is 82.1 Å². The highest BCUT2D eigenvalue weighted by Gasteiger charge is 2.18. The number of fused-ring (bicyclic) bond motifs is 1. The zero-order valence-electron chi connectivity index (χ0n) is 7.96. The standard InChI is InChI=1S/C11H11NO2/c1-7(13)8-3-2-4-10-9(8)5-6-11(14)12-10/h2-4H,5-6H2,1H3,(H,12,14). The van der Waals surface area contributed by atoms with E-state index in [2.05, 4.69) is 5.32 Å². The van der Waals surface area contributed by atoms with E-state index in [1.54, 1.807) is 19.1 Å². The van der Waals surface area contributed by atoms with Crippen LogP contribution in [0.4, 0.5) is 5.69 Å². The molecule has 1 aliphatic heterocycles. The van der Waals surface area contributed by atoms with Gasteiger partial charge in [-0.05, 0) is 25.0 Å². The van der Waals surface area contributed by atoms with Crippen LogP contribution >= 0.6 is 0 Å². The Hall–Kier alpha value is -1.64. The van der Waals surface area contributed by atoms with E-state index >= 15 is 0 Å². The molecule has 0 saturated heterocycles. The summed E-state index contributed by atoms with van der Waals surface area (Å²) in [5, 5.41) is 2.76. The molecule has 72 valence electrons. The fourth-order valence-corrected chi connectivity index (χ4v) is 1.75. The molecule has 0 aromatic heterocycles. The van der Waals surface area contributed by atoms with E-state index in [0.29, 0.717) is 12.8 Å². The third-order valence-corrected chi connectivity index (χ3v) is 2.43. The molecule has 0 unspecified atom stereocenters. The van der Waals surface area contributed by atoms with Gasteiger partial charge in [-0.2, -0.15) is 0 Å². The Bertz CT molecular complexity index is 410. The van der Waals surface area contributed by atoms with E-state index in [-0.39, 0.29) is 11.7 Å². The summed E-state index contributed by atoms with van der Waals surface area (Å²) in [6, 6.07) is 5.43. The van der Waals surface area contributed by atoms with Crippen LogP contribution in [0.3, 0.4) is 0 Å². The first-order chi connectivity index (χ1) is 6.68. The van der Waals surface area contributed by atoms with Crippen molar-refractivity contribution in [1.29, 1.82) is 0 Å². The maximum Gasteiger partial charge on any atom is 0.224 e. The lowest BCUT2D eigenvalue weighted by molar-refractivity contribution is -0.116. The van der Waals surface area contributed by atoms with Gasteiger partial charge in [-0.1, -0.05) is 12.1 Å². The van der Waals surface area contributed by atoms with Crippen LogP contribution in [-0.2, 0) is 11.2 Å². The number of anilines is 1. The lowest BCUT2D eigenvalue weighted by Gasteiger charge is -2.18. The van der Waals surface area contributed by atoms with Gasteiger partial charge in [0, 0.05) is 17.7 Å². The minimum Gasteiger partial charge on any atom is -0.326 e. The Kier molecular flexibility index (Phi) is 2.08. The summed E-state index contributed by atoms with van der Waals surface area (Å²) in [6.45, 7) is 1.55. The zero-order chi connectivity index (χ0) is 10.1. The second-order valence-corrected chi connectivity index (χ2v) is 3.44. The summed E-state index contributed by atoms with van der Waals surface area (Å²) in [6.07, 6.45) is 1.13. The third-order valence-electron chi connectivity index (χ3n) is 2.43. The molecule has 2 rings (SSSR count). The van der Waals surface area contributed by atoms with Gasteiger partial charge in [-0.15, -0.1) is 0 Å². The molecular formula is C11H11NO2. The number of amides is 1. The smallest absolute Gasteiger partial charge is 0.224 e. The van der Waals surface area contributed by atoms with Crippen LogP contribution in [0.1, 0.15) is 29.3 Å². The molecule has 0 bridgehead atoms. The number of hydrogen-bond donors (Lipinski definition) is 1. The summed E-state index contributed by atoms with van der Waals surface area (Å²) < 4.78 is 0. The molecular weight excluding hydrogens is 178 g/mol. The number of benzene rings is 1. The lowest BCUT2D eigenvalue weighted by atomic mass is 9.95. The van der Waals surface area contributed by atoms with Crippen molar-refractivity contribution in [3.63, 3.8) is 0 Å². The van der Waals surface area contributed by atoms with Crippen LogP contribution in [0.15, 0.2) is 18.2 Å². The molecule has 1 N–H and O–H groups in total. The summed E-state index contributed by atoms with van der Waals surface area (Å²) in [7, 11) is 0. The number of Topliss-reactive ketones (excluding diaryl/α,β-unsaturated/α-hetero) is 1. The molecule has 1 amide bonds. The van der Waals surface area contributed by atoms with Gasteiger partial charge >= 0.3 is 0 Å². The van der Waals surface area contributed by atoms with Crippen molar-refractivity contribution in [3.05, 3.63) is 29.3 Å². The molecule has 1 aromatic carbocycles. The summed E-state index contributed by atoms with van der Waals surface area (Å²) in [5.41, 5.74) is 2.48. The van der Waals surface area contributed by atoms with Gasteiger partial charge in [-0.25, -0.2) is 0 Å². The van der Waals surface area contributed by atoms with Crippen LogP contribution in [-0.4, -0.2) is 11.7 Å². The number of ketones is 1. The van der Waals surface area contributed by atoms with Gasteiger partial charge in [0.05, 0.1) is 0 Å². The van der Waals surface area contributed by atoms with E-state index in [4.69, 9.17) is 0 Å². The Morgan fingerprint density at radius 2 is 2.14 bits per heavy atom. The third kappa shape index (κ3) is 1.41. The molecule has 1 heterocycles. The van der Waals surface area contributed by atoms with Crippen molar-refractivity contribution in [2.45, 2.75) is 19.8 Å². The molecule has 3 heteroatoms.